The molecule has 0 aliphatic carbocycles. The van der Waals surface area contributed by atoms with Gasteiger partial charge in [0.1, 0.15) is 0 Å². The van der Waals surface area contributed by atoms with Gasteiger partial charge in [0, 0.05) is 28.4 Å². The number of hydrogen-bond acceptors (Lipinski definition) is 5. The summed E-state index contributed by atoms with van der Waals surface area (Å²) in [5.41, 5.74) is 0.971. The zero-order valence-electron chi connectivity index (χ0n) is 14.4. The lowest BCUT2D eigenvalue weighted by Crippen LogP contribution is -2.14. The Labute approximate surface area is 164 Å². The third kappa shape index (κ3) is 6.96. The van der Waals surface area contributed by atoms with Crippen molar-refractivity contribution in [1.29, 1.82) is 0 Å². The second-order valence-corrected chi connectivity index (χ2v) is 6.46. The Morgan fingerprint density at radius 2 is 1.61 bits per heavy atom. The van der Waals surface area contributed by atoms with Crippen LogP contribution in [0.15, 0.2) is 65.6 Å². The lowest BCUT2D eigenvalue weighted by molar-refractivity contribution is -0.131. The fraction of sp³-hybridized carbons (Fsp3) is 0.0526. The van der Waals surface area contributed by atoms with Crippen LogP contribution in [0, 0.1) is 0 Å². The highest BCUT2D eigenvalue weighted by atomic mass is 32.2. The van der Waals surface area contributed by atoms with Crippen molar-refractivity contribution in [2.45, 2.75) is 4.90 Å². The van der Waals surface area contributed by atoms with E-state index in [-0.39, 0.29) is 17.2 Å². The number of hydrogen-bond donors (Lipinski definition) is 4. The number of thioether (sulfide) groups is 1. The molecule has 8 nitrogen and oxygen atoms in total. The van der Waals surface area contributed by atoms with E-state index in [4.69, 9.17) is 10.2 Å². The van der Waals surface area contributed by atoms with Crippen LogP contribution in [-0.4, -0.2) is 39.7 Å². The molecule has 0 heterocycles. The number of nitrogens with one attached hydrogen (secondary N) is 2. The molecule has 0 aliphatic heterocycles. The summed E-state index contributed by atoms with van der Waals surface area (Å²) in [6.07, 6.45) is 1.65. The first-order valence-electron chi connectivity index (χ1n) is 7.91. The van der Waals surface area contributed by atoms with Gasteiger partial charge in [-0.2, -0.15) is 0 Å². The van der Waals surface area contributed by atoms with Crippen LogP contribution < -0.4 is 10.6 Å². The van der Waals surface area contributed by atoms with E-state index < -0.39 is 17.8 Å². The van der Waals surface area contributed by atoms with Crippen molar-refractivity contribution < 1.29 is 29.4 Å². The number of anilines is 2. The van der Waals surface area contributed by atoms with Gasteiger partial charge in [0.25, 0.3) is 0 Å². The topological polar surface area (TPSA) is 133 Å². The molecule has 0 unspecified atom stereocenters. The minimum Gasteiger partial charge on any atom is -0.478 e. The zero-order valence-corrected chi connectivity index (χ0v) is 15.2. The summed E-state index contributed by atoms with van der Waals surface area (Å²) < 4.78 is 0. The quantitative estimate of drug-likeness (QED) is 0.395. The van der Waals surface area contributed by atoms with Gasteiger partial charge in [-0.3, -0.25) is 9.59 Å². The highest BCUT2D eigenvalue weighted by Crippen LogP contribution is 2.21. The van der Waals surface area contributed by atoms with Gasteiger partial charge in [-0.25, -0.2) is 9.59 Å². The molecule has 2 aromatic rings. The Morgan fingerprint density at radius 3 is 2.25 bits per heavy atom. The first-order chi connectivity index (χ1) is 13.3. The van der Waals surface area contributed by atoms with E-state index in [2.05, 4.69) is 10.6 Å². The van der Waals surface area contributed by atoms with E-state index in [9.17, 15) is 19.2 Å². The molecule has 144 valence electrons. The van der Waals surface area contributed by atoms with Crippen LogP contribution in [0.2, 0.25) is 0 Å². The van der Waals surface area contributed by atoms with Crippen molar-refractivity contribution in [3.63, 3.8) is 0 Å². The van der Waals surface area contributed by atoms with E-state index in [0.717, 1.165) is 17.0 Å². The summed E-state index contributed by atoms with van der Waals surface area (Å²) in [6, 6.07) is 12.6. The Bertz CT molecular complexity index is 924. The van der Waals surface area contributed by atoms with Crippen LogP contribution in [-0.2, 0) is 14.4 Å². The van der Waals surface area contributed by atoms with Gasteiger partial charge in [0.2, 0.25) is 11.8 Å². The summed E-state index contributed by atoms with van der Waals surface area (Å²) in [4.78, 5) is 45.6. The summed E-state index contributed by atoms with van der Waals surface area (Å²) >= 11 is 1.27. The zero-order chi connectivity index (χ0) is 20.5. The predicted octanol–water partition coefficient (Wildman–Crippen LogP) is 2.69. The molecule has 0 spiro atoms. The third-order valence-corrected chi connectivity index (χ3v) is 4.27. The predicted molar refractivity (Wildman–Crippen MR) is 105 cm³/mol. The van der Waals surface area contributed by atoms with Crippen molar-refractivity contribution in [3.8, 4) is 0 Å². The molecule has 2 rings (SSSR count). The largest absolute Gasteiger partial charge is 0.478 e. The average molecular weight is 400 g/mol. The maximum absolute atomic E-state index is 12.0. The van der Waals surface area contributed by atoms with Crippen LogP contribution in [0.5, 0.6) is 0 Å². The monoisotopic (exact) mass is 400 g/mol. The Balaban J connectivity index is 1.85. The summed E-state index contributed by atoms with van der Waals surface area (Å²) in [6.45, 7) is 0. The fourth-order valence-corrected chi connectivity index (χ4v) is 2.74. The van der Waals surface area contributed by atoms with Gasteiger partial charge in [-0.15, -0.1) is 11.8 Å². The second-order valence-electron chi connectivity index (χ2n) is 5.41. The smallest absolute Gasteiger partial charge is 0.335 e. The maximum atomic E-state index is 12.0. The third-order valence-electron chi connectivity index (χ3n) is 3.26. The SMILES string of the molecule is O=C(O)/C=C/C(=O)Nc1ccc(SCC(=O)Nc2cccc(C(=O)O)c2)cc1. The van der Waals surface area contributed by atoms with Gasteiger partial charge >= 0.3 is 11.9 Å². The molecule has 0 atom stereocenters. The molecule has 4 N–H and O–H groups in total. The molecule has 0 aromatic heterocycles. The van der Waals surface area contributed by atoms with E-state index >= 15 is 0 Å². The van der Waals surface area contributed by atoms with Gasteiger partial charge in [0.15, 0.2) is 0 Å². The standard InChI is InChI=1S/C19H16N2O6S/c22-16(8-9-18(24)25)20-13-4-6-15(7-5-13)28-11-17(23)21-14-3-1-2-12(10-14)19(26)27/h1-10H,11H2,(H,20,22)(H,21,23)(H,24,25)(H,26,27)/b9-8+. The minimum atomic E-state index is -1.21. The van der Waals surface area contributed by atoms with E-state index in [1.165, 1.54) is 23.9 Å². The first kappa shape index (κ1) is 20.7. The van der Waals surface area contributed by atoms with Gasteiger partial charge in [-0.1, -0.05) is 6.07 Å². The van der Waals surface area contributed by atoms with Gasteiger partial charge in [-0.05, 0) is 42.5 Å². The lowest BCUT2D eigenvalue weighted by Gasteiger charge is -2.07. The van der Waals surface area contributed by atoms with E-state index in [0.29, 0.717) is 11.4 Å². The molecule has 0 radical (unpaired) electrons. The number of aliphatic carboxylic acids is 1. The number of amides is 2. The number of aromatic carboxylic acids is 1. The van der Waals surface area contributed by atoms with Crippen LogP contribution in [0.4, 0.5) is 11.4 Å². The molecule has 9 heteroatoms. The van der Waals surface area contributed by atoms with E-state index in [1.54, 1.807) is 36.4 Å². The lowest BCUT2D eigenvalue weighted by atomic mass is 10.2. The Hall–Kier alpha value is -3.59. The summed E-state index contributed by atoms with van der Waals surface area (Å²) in [5, 5.41) is 22.6. The first-order valence-corrected chi connectivity index (χ1v) is 8.90. The van der Waals surface area contributed by atoms with Crippen molar-refractivity contribution in [1.82, 2.24) is 0 Å². The van der Waals surface area contributed by atoms with Crippen molar-refractivity contribution in [2.75, 3.05) is 16.4 Å². The fourth-order valence-electron chi connectivity index (χ4n) is 2.04. The maximum Gasteiger partial charge on any atom is 0.335 e. The van der Waals surface area contributed by atoms with E-state index in [1.807, 2.05) is 0 Å². The van der Waals surface area contributed by atoms with Crippen LogP contribution in [0.3, 0.4) is 0 Å². The molecule has 0 fully saturated rings. The highest BCUT2D eigenvalue weighted by Gasteiger charge is 2.07. The number of carboxylic acids is 2. The average Bonchev–Trinajstić information content (AvgIpc) is 2.66. The van der Waals surface area contributed by atoms with Crippen molar-refractivity contribution in [3.05, 3.63) is 66.2 Å². The second kappa shape index (κ2) is 9.93. The molecule has 2 amide bonds. The van der Waals surface area contributed by atoms with Gasteiger partial charge < -0.3 is 20.8 Å². The Morgan fingerprint density at radius 1 is 0.893 bits per heavy atom. The number of rotatable bonds is 8. The molecular weight excluding hydrogens is 384 g/mol. The molecule has 2 aromatic carbocycles. The highest BCUT2D eigenvalue weighted by molar-refractivity contribution is 8.00. The molecule has 28 heavy (non-hydrogen) atoms. The number of carboxylic acid groups (broad SMARTS) is 2. The number of carbonyl (C=O) groups excluding carboxylic acids is 2. The normalized spacial score (nSPS) is 10.4. The molecule has 0 saturated heterocycles. The summed E-state index contributed by atoms with van der Waals surface area (Å²) in [5.74, 6) is -3.02. The van der Waals surface area contributed by atoms with Gasteiger partial charge in [0.05, 0.1) is 11.3 Å². The summed E-state index contributed by atoms with van der Waals surface area (Å²) in [7, 11) is 0. The number of benzene rings is 2. The van der Waals surface area contributed by atoms with Crippen LogP contribution >= 0.6 is 11.8 Å². The van der Waals surface area contributed by atoms with Crippen molar-refractivity contribution in [2.24, 2.45) is 0 Å². The van der Waals surface area contributed by atoms with Crippen LogP contribution in [0.25, 0.3) is 0 Å². The van der Waals surface area contributed by atoms with Crippen molar-refractivity contribution >= 4 is 46.9 Å². The van der Waals surface area contributed by atoms with Crippen LogP contribution in [0.1, 0.15) is 10.4 Å². The molecule has 0 bridgehead atoms. The number of carbonyl (C=O) groups is 4. The minimum absolute atomic E-state index is 0.0845. The molecule has 0 aliphatic rings. The Kier molecular flexibility index (Phi) is 7.35. The molecule has 0 saturated carbocycles. The molecular formula is C19H16N2O6S.